The highest BCUT2D eigenvalue weighted by molar-refractivity contribution is 7.99. The molecule has 0 bridgehead atoms. The molecule has 0 aliphatic heterocycles. The van der Waals surface area contributed by atoms with Gasteiger partial charge in [-0.1, -0.05) is 17.8 Å². The molecule has 11 nitrogen and oxygen atoms in total. The number of rotatable bonds is 10. The number of hydrogen-bond donors (Lipinski definition) is 2. The summed E-state index contributed by atoms with van der Waals surface area (Å²) in [5.41, 5.74) is 1.42. The van der Waals surface area contributed by atoms with Gasteiger partial charge in [0.05, 0.1) is 23.7 Å². The summed E-state index contributed by atoms with van der Waals surface area (Å²) in [6.07, 6.45) is 0.0104. The molecule has 0 saturated heterocycles. The topological polar surface area (TPSA) is 141 Å². The standard InChI is InChI=1S/C22H24N6O5S/c1-4-33-17-9-7-15(8-10-17)23-20(29)12-19-25-26-22(27(19)3)34-13-21(30)24-16-6-5-14(2)18(11-16)28(31)32/h5-11H,4,12-13H2,1-3H3,(H,23,29)(H,24,30). The molecule has 2 amide bonds. The van der Waals surface area contributed by atoms with E-state index >= 15 is 0 Å². The predicted octanol–water partition coefficient (Wildman–Crippen LogP) is 3.34. The van der Waals surface area contributed by atoms with E-state index in [1.807, 2.05) is 6.92 Å². The Labute approximate surface area is 200 Å². The van der Waals surface area contributed by atoms with Crippen LogP contribution < -0.4 is 15.4 Å². The Balaban J connectivity index is 1.53. The number of carbonyl (C=O) groups excluding carboxylic acids is 2. The van der Waals surface area contributed by atoms with Gasteiger partial charge in [-0.25, -0.2) is 0 Å². The van der Waals surface area contributed by atoms with Gasteiger partial charge in [0.2, 0.25) is 11.8 Å². The van der Waals surface area contributed by atoms with Gasteiger partial charge in [-0.3, -0.25) is 19.7 Å². The van der Waals surface area contributed by atoms with Crippen molar-refractivity contribution in [2.75, 3.05) is 23.0 Å². The molecule has 0 unspecified atom stereocenters. The van der Waals surface area contributed by atoms with Gasteiger partial charge in [0, 0.05) is 30.1 Å². The zero-order valence-corrected chi connectivity index (χ0v) is 19.7. The molecule has 0 atom stereocenters. The molecular formula is C22H24N6O5S. The molecule has 2 aromatic carbocycles. The predicted molar refractivity (Wildman–Crippen MR) is 128 cm³/mol. The molecule has 34 heavy (non-hydrogen) atoms. The van der Waals surface area contributed by atoms with E-state index in [-0.39, 0.29) is 29.7 Å². The SMILES string of the molecule is CCOc1ccc(NC(=O)Cc2nnc(SCC(=O)Nc3ccc(C)c([N+](=O)[O-])c3)n2C)cc1. The second-order valence-electron chi connectivity index (χ2n) is 7.24. The number of carbonyl (C=O) groups is 2. The van der Waals surface area contributed by atoms with Crippen molar-refractivity contribution in [3.63, 3.8) is 0 Å². The lowest BCUT2D eigenvalue weighted by atomic mass is 10.2. The lowest BCUT2D eigenvalue weighted by Crippen LogP contribution is -2.17. The number of benzene rings is 2. The Morgan fingerprint density at radius 2 is 1.76 bits per heavy atom. The van der Waals surface area contributed by atoms with Crippen molar-refractivity contribution >= 4 is 40.6 Å². The largest absolute Gasteiger partial charge is 0.494 e. The molecule has 0 aliphatic rings. The van der Waals surface area contributed by atoms with Gasteiger partial charge in [-0.2, -0.15) is 0 Å². The summed E-state index contributed by atoms with van der Waals surface area (Å²) < 4.78 is 7.03. The Bertz CT molecular complexity index is 1190. The van der Waals surface area contributed by atoms with Crippen molar-refractivity contribution in [1.29, 1.82) is 0 Å². The molecule has 3 rings (SSSR count). The summed E-state index contributed by atoms with van der Waals surface area (Å²) in [7, 11) is 1.71. The number of amides is 2. The fraction of sp³-hybridized carbons (Fsp3) is 0.273. The Kier molecular flexibility index (Phi) is 8.19. The van der Waals surface area contributed by atoms with Gasteiger partial charge in [0.15, 0.2) is 5.16 Å². The smallest absolute Gasteiger partial charge is 0.274 e. The van der Waals surface area contributed by atoms with Crippen molar-refractivity contribution in [3.8, 4) is 5.75 Å². The summed E-state index contributed by atoms with van der Waals surface area (Å²) >= 11 is 1.14. The van der Waals surface area contributed by atoms with Crippen LogP contribution in [0.2, 0.25) is 0 Å². The lowest BCUT2D eigenvalue weighted by Gasteiger charge is -2.08. The average Bonchev–Trinajstić information content (AvgIpc) is 3.14. The maximum absolute atomic E-state index is 12.4. The fourth-order valence-corrected chi connectivity index (χ4v) is 3.72. The molecular weight excluding hydrogens is 460 g/mol. The Hall–Kier alpha value is -3.93. The minimum Gasteiger partial charge on any atom is -0.494 e. The molecule has 3 aromatic rings. The second-order valence-corrected chi connectivity index (χ2v) is 8.18. The molecule has 0 fully saturated rings. The highest BCUT2D eigenvalue weighted by Gasteiger charge is 2.16. The van der Waals surface area contributed by atoms with Gasteiger partial charge >= 0.3 is 0 Å². The lowest BCUT2D eigenvalue weighted by molar-refractivity contribution is -0.385. The third-order valence-electron chi connectivity index (χ3n) is 4.71. The number of nitro groups is 1. The second kappa shape index (κ2) is 11.3. The first-order chi connectivity index (χ1) is 16.3. The fourth-order valence-electron chi connectivity index (χ4n) is 2.99. The first-order valence-electron chi connectivity index (χ1n) is 10.4. The van der Waals surface area contributed by atoms with E-state index in [1.54, 1.807) is 54.9 Å². The molecule has 0 saturated carbocycles. The van der Waals surface area contributed by atoms with Gasteiger partial charge in [0.25, 0.3) is 5.69 Å². The number of anilines is 2. The Morgan fingerprint density at radius 3 is 2.44 bits per heavy atom. The summed E-state index contributed by atoms with van der Waals surface area (Å²) in [6.45, 7) is 4.09. The molecule has 0 aliphatic carbocycles. The van der Waals surface area contributed by atoms with Crippen LogP contribution in [0, 0.1) is 17.0 Å². The van der Waals surface area contributed by atoms with E-state index in [0.717, 1.165) is 17.5 Å². The number of nitro benzene ring substituents is 1. The summed E-state index contributed by atoms with van der Waals surface area (Å²) in [5, 5.41) is 25.1. The average molecular weight is 485 g/mol. The van der Waals surface area contributed by atoms with Crippen molar-refractivity contribution < 1.29 is 19.2 Å². The summed E-state index contributed by atoms with van der Waals surface area (Å²) in [4.78, 5) is 35.2. The van der Waals surface area contributed by atoms with E-state index in [0.29, 0.717) is 34.5 Å². The van der Waals surface area contributed by atoms with Crippen LogP contribution in [0.1, 0.15) is 18.3 Å². The minimum atomic E-state index is -0.493. The van der Waals surface area contributed by atoms with E-state index in [2.05, 4.69) is 20.8 Å². The molecule has 1 aromatic heterocycles. The maximum Gasteiger partial charge on any atom is 0.274 e. The number of thioether (sulfide) groups is 1. The van der Waals surface area contributed by atoms with E-state index < -0.39 is 4.92 Å². The number of nitrogens with zero attached hydrogens (tertiary/aromatic N) is 4. The number of nitrogens with one attached hydrogen (secondary N) is 2. The zero-order chi connectivity index (χ0) is 24.7. The number of aromatic nitrogens is 3. The number of hydrogen-bond acceptors (Lipinski definition) is 8. The quantitative estimate of drug-likeness (QED) is 0.254. The van der Waals surface area contributed by atoms with Crippen molar-refractivity contribution in [2.24, 2.45) is 7.05 Å². The van der Waals surface area contributed by atoms with Crippen LogP contribution in [0.5, 0.6) is 5.75 Å². The first kappa shape index (κ1) is 24.7. The molecule has 0 spiro atoms. The van der Waals surface area contributed by atoms with Gasteiger partial charge < -0.3 is 19.9 Å². The van der Waals surface area contributed by atoms with E-state index in [1.165, 1.54) is 6.07 Å². The van der Waals surface area contributed by atoms with Crippen LogP contribution in [-0.4, -0.2) is 43.9 Å². The van der Waals surface area contributed by atoms with E-state index in [4.69, 9.17) is 4.74 Å². The highest BCUT2D eigenvalue weighted by atomic mass is 32.2. The molecule has 178 valence electrons. The number of aryl methyl sites for hydroxylation is 1. The molecule has 2 N–H and O–H groups in total. The van der Waals surface area contributed by atoms with Gasteiger partial charge in [-0.05, 0) is 44.2 Å². The highest BCUT2D eigenvalue weighted by Crippen LogP contribution is 2.23. The molecule has 12 heteroatoms. The minimum absolute atomic E-state index is 0.0104. The number of ether oxygens (including phenoxy) is 1. The zero-order valence-electron chi connectivity index (χ0n) is 18.9. The van der Waals surface area contributed by atoms with Crippen molar-refractivity contribution in [1.82, 2.24) is 14.8 Å². The summed E-state index contributed by atoms with van der Waals surface area (Å²) in [6, 6.07) is 11.6. The van der Waals surface area contributed by atoms with Crippen molar-refractivity contribution in [3.05, 3.63) is 64.0 Å². The van der Waals surface area contributed by atoms with Crippen LogP contribution in [0.15, 0.2) is 47.6 Å². The third kappa shape index (κ3) is 6.54. The monoisotopic (exact) mass is 484 g/mol. The van der Waals surface area contributed by atoms with Crippen LogP contribution in [-0.2, 0) is 23.1 Å². The molecule has 0 radical (unpaired) electrons. The Morgan fingerprint density at radius 1 is 1.09 bits per heavy atom. The maximum atomic E-state index is 12.4. The van der Waals surface area contributed by atoms with Crippen LogP contribution in [0.3, 0.4) is 0 Å². The normalized spacial score (nSPS) is 10.6. The van der Waals surface area contributed by atoms with E-state index in [9.17, 15) is 19.7 Å². The van der Waals surface area contributed by atoms with Crippen LogP contribution >= 0.6 is 11.8 Å². The van der Waals surface area contributed by atoms with Crippen LogP contribution in [0.4, 0.5) is 17.1 Å². The van der Waals surface area contributed by atoms with Gasteiger partial charge in [0.1, 0.15) is 11.6 Å². The molecule has 1 heterocycles. The van der Waals surface area contributed by atoms with Crippen LogP contribution in [0.25, 0.3) is 0 Å². The third-order valence-corrected chi connectivity index (χ3v) is 5.74. The van der Waals surface area contributed by atoms with Gasteiger partial charge in [-0.15, -0.1) is 10.2 Å². The summed E-state index contributed by atoms with van der Waals surface area (Å²) in [5.74, 6) is 0.586. The first-order valence-corrected chi connectivity index (χ1v) is 11.3. The van der Waals surface area contributed by atoms with Crippen molar-refractivity contribution in [2.45, 2.75) is 25.4 Å².